The first-order chi connectivity index (χ1) is 13.2. The number of carbonyl (C=O) groups is 2. The van der Waals surface area contributed by atoms with Crippen LogP contribution >= 0.6 is 0 Å². The Balaban J connectivity index is 1.63. The summed E-state index contributed by atoms with van der Waals surface area (Å²) in [5, 5.41) is 7.32. The molecular formula is C18H20F3N5O2. The summed E-state index contributed by atoms with van der Waals surface area (Å²) < 4.78 is 36.7. The van der Waals surface area contributed by atoms with Gasteiger partial charge in [-0.25, -0.2) is 9.78 Å². The molecule has 1 saturated carbocycles. The molecule has 150 valence electrons. The molecule has 1 heterocycles. The quantitative estimate of drug-likeness (QED) is 0.626. The van der Waals surface area contributed by atoms with E-state index in [0.717, 1.165) is 25.0 Å². The highest BCUT2D eigenvalue weighted by atomic mass is 19.4. The van der Waals surface area contributed by atoms with Crippen molar-refractivity contribution < 1.29 is 22.8 Å². The molecule has 4 N–H and O–H groups in total. The lowest BCUT2D eigenvalue weighted by Crippen LogP contribution is -2.52. The second-order valence-electron chi connectivity index (χ2n) is 6.81. The predicted molar refractivity (Wildman–Crippen MR) is 95.8 cm³/mol. The molecule has 1 aromatic heterocycles. The van der Waals surface area contributed by atoms with Crippen molar-refractivity contribution in [2.75, 3.05) is 11.9 Å². The van der Waals surface area contributed by atoms with Gasteiger partial charge in [-0.2, -0.15) is 13.2 Å². The number of anilines is 1. The maximum atomic E-state index is 12.4. The average molecular weight is 395 g/mol. The Bertz CT molecular complexity index is 874. The first-order valence-electron chi connectivity index (χ1n) is 8.73. The van der Waals surface area contributed by atoms with E-state index in [1.807, 2.05) is 6.92 Å². The van der Waals surface area contributed by atoms with Crippen LogP contribution in [0.25, 0.3) is 0 Å². The lowest BCUT2D eigenvalue weighted by atomic mass is 9.76. The lowest BCUT2D eigenvalue weighted by Gasteiger charge is -2.40. The van der Waals surface area contributed by atoms with Crippen LogP contribution in [0.5, 0.6) is 0 Å². The summed E-state index contributed by atoms with van der Waals surface area (Å²) in [6.45, 7) is 0.452. The molecule has 2 aromatic rings. The van der Waals surface area contributed by atoms with Crippen LogP contribution in [0.3, 0.4) is 0 Å². The minimum Gasteiger partial charge on any atom is -0.344 e. The van der Waals surface area contributed by atoms with Crippen LogP contribution in [0.1, 0.15) is 41.1 Å². The van der Waals surface area contributed by atoms with Gasteiger partial charge >= 0.3 is 12.2 Å². The zero-order valence-corrected chi connectivity index (χ0v) is 15.1. The highest BCUT2D eigenvalue weighted by Crippen LogP contribution is 2.39. The number of urea groups is 1. The number of nitrogens with one attached hydrogen (secondary N) is 4. The number of rotatable bonds is 5. The molecule has 1 fully saturated rings. The van der Waals surface area contributed by atoms with Crippen LogP contribution in [-0.2, 0) is 5.54 Å². The molecule has 0 bridgehead atoms. The Morgan fingerprint density at radius 2 is 2.04 bits per heavy atom. The number of nitrogens with zero attached hydrogens (tertiary/aromatic N) is 1. The molecule has 7 nitrogen and oxygen atoms in total. The Hall–Kier alpha value is -3.04. The number of imidazole rings is 1. The van der Waals surface area contributed by atoms with E-state index in [4.69, 9.17) is 0 Å². The summed E-state index contributed by atoms with van der Waals surface area (Å²) >= 11 is 0. The Morgan fingerprint density at radius 1 is 1.29 bits per heavy atom. The molecular weight excluding hydrogens is 375 g/mol. The van der Waals surface area contributed by atoms with Crippen molar-refractivity contribution in [3.8, 4) is 0 Å². The minimum absolute atomic E-state index is 0.0158. The van der Waals surface area contributed by atoms with Gasteiger partial charge in [-0.05, 0) is 44.4 Å². The number of amides is 3. The van der Waals surface area contributed by atoms with Crippen molar-refractivity contribution in [1.82, 2.24) is 20.6 Å². The van der Waals surface area contributed by atoms with Crippen molar-refractivity contribution >= 4 is 17.6 Å². The standard InChI is InChI=1S/C18H20F3N5O2/c1-11-9-22-15(24-11)17(6-3-7-17)26-16(28)25-13-5-2-4-12(8-13)14(27)23-10-18(19,20)21/h2,4-5,8-9H,3,6-7,10H2,1H3,(H,22,24)(H,23,27)(H2,25,26,28). The van der Waals surface area contributed by atoms with Gasteiger partial charge in [0.2, 0.25) is 0 Å². The van der Waals surface area contributed by atoms with Crippen molar-refractivity contribution in [2.24, 2.45) is 0 Å². The number of hydrogen-bond donors (Lipinski definition) is 4. The predicted octanol–water partition coefficient (Wildman–Crippen LogP) is 3.21. The molecule has 3 rings (SSSR count). The van der Waals surface area contributed by atoms with Crippen LogP contribution in [0.2, 0.25) is 0 Å². The van der Waals surface area contributed by atoms with Gasteiger partial charge in [0.05, 0.1) is 5.54 Å². The molecule has 1 aromatic carbocycles. The zero-order valence-electron chi connectivity index (χ0n) is 15.1. The maximum Gasteiger partial charge on any atom is 0.405 e. The second-order valence-corrected chi connectivity index (χ2v) is 6.81. The molecule has 1 aliphatic carbocycles. The van der Waals surface area contributed by atoms with Crippen LogP contribution in [0.15, 0.2) is 30.5 Å². The number of benzene rings is 1. The normalized spacial score (nSPS) is 15.4. The van der Waals surface area contributed by atoms with Crippen LogP contribution in [0, 0.1) is 6.92 Å². The lowest BCUT2D eigenvalue weighted by molar-refractivity contribution is -0.123. The second kappa shape index (κ2) is 7.53. The van der Waals surface area contributed by atoms with Gasteiger partial charge in [0.1, 0.15) is 12.4 Å². The van der Waals surface area contributed by atoms with E-state index in [-0.39, 0.29) is 5.56 Å². The monoisotopic (exact) mass is 395 g/mol. The number of halogens is 3. The Kier molecular flexibility index (Phi) is 5.30. The number of alkyl halides is 3. The Labute approximate surface area is 159 Å². The van der Waals surface area contributed by atoms with Gasteiger partial charge in [0, 0.05) is 23.1 Å². The molecule has 1 aliphatic rings. The summed E-state index contributed by atoms with van der Waals surface area (Å²) in [6.07, 6.45) is -0.361. The van der Waals surface area contributed by atoms with E-state index in [1.54, 1.807) is 17.6 Å². The fourth-order valence-electron chi connectivity index (χ4n) is 3.01. The molecule has 0 saturated heterocycles. The highest BCUT2D eigenvalue weighted by Gasteiger charge is 2.42. The molecule has 3 amide bonds. The van der Waals surface area contributed by atoms with Crippen LogP contribution < -0.4 is 16.0 Å². The SMILES string of the molecule is Cc1cnc(C2(NC(=O)Nc3cccc(C(=O)NCC(F)(F)F)c3)CCC2)[nH]1. The first kappa shape index (κ1) is 19.7. The fraction of sp³-hybridized carbons (Fsp3) is 0.389. The van der Waals surface area contributed by atoms with E-state index < -0.39 is 30.2 Å². The van der Waals surface area contributed by atoms with Crippen molar-refractivity contribution in [2.45, 2.75) is 37.9 Å². The van der Waals surface area contributed by atoms with Gasteiger partial charge in [-0.3, -0.25) is 4.79 Å². The third-order valence-electron chi connectivity index (χ3n) is 4.55. The van der Waals surface area contributed by atoms with Gasteiger partial charge in [-0.15, -0.1) is 0 Å². The maximum absolute atomic E-state index is 12.4. The van der Waals surface area contributed by atoms with E-state index >= 15 is 0 Å². The van der Waals surface area contributed by atoms with Gasteiger partial charge < -0.3 is 20.9 Å². The molecule has 0 radical (unpaired) electrons. The number of hydrogen-bond acceptors (Lipinski definition) is 3. The first-order valence-corrected chi connectivity index (χ1v) is 8.73. The van der Waals surface area contributed by atoms with Crippen molar-refractivity contribution in [1.29, 1.82) is 0 Å². The molecule has 0 unspecified atom stereocenters. The summed E-state index contributed by atoms with van der Waals surface area (Å²) in [4.78, 5) is 31.7. The van der Waals surface area contributed by atoms with Crippen molar-refractivity contribution in [3.63, 3.8) is 0 Å². The largest absolute Gasteiger partial charge is 0.405 e. The molecule has 0 aliphatic heterocycles. The number of carbonyl (C=O) groups excluding carboxylic acids is 2. The van der Waals surface area contributed by atoms with Gasteiger partial charge in [0.25, 0.3) is 5.91 Å². The molecule has 10 heteroatoms. The smallest absolute Gasteiger partial charge is 0.344 e. The Morgan fingerprint density at radius 3 is 2.61 bits per heavy atom. The topological polar surface area (TPSA) is 98.9 Å². The van der Waals surface area contributed by atoms with Gasteiger partial charge in [0.15, 0.2) is 0 Å². The zero-order chi connectivity index (χ0) is 20.4. The fourth-order valence-corrected chi connectivity index (χ4v) is 3.01. The summed E-state index contributed by atoms with van der Waals surface area (Å²) in [7, 11) is 0. The number of aromatic amines is 1. The summed E-state index contributed by atoms with van der Waals surface area (Å²) in [6, 6.07) is 5.23. The van der Waals surface area contributed by atoms with Gasteiger partial charge in [-0.1, -0.05) is 6.07 Å². The minimum atomic E-state index is -4.49. The molecule has 0 spiro atoms. The van der Waals surface area contributed by atoms with E-state index in [1.165, 1.54) is 18.2 Å². The van der Waals surface area contributed by atoms with E-state index in [0.29, 0.717) is 11.5 Å². The third kappa shape index (κ3) is 4.62. The number of H-pyrrole nitrogens is 1. The molecule has 0 atom stereocenters. The van der Waals surface area contributed by atoms with Crippen LogP contribution in [-0.4, -0.2) is 34.6 Å². The van der Waals surface area contributed by atoms with E-state index in [9.17, 15) is 22.8 Å². The highest BCUT2D eigenvalue weighted by molar-refractivity contribution is 5.97. The number of aromatic nitrogens is 2. The van der Waals surface area contributed by atoms with Crippen molar-refractivity contribution in [3.05, 3.63) is 47.5 Å². The van der Waals surface area contributed by atoms with E-state index in [2.05, 4.69) is 20.6 Å². The summed E-state index contributed by atoms with van der Waals surface area (Å²) in [5.41, 5.74) is 0.630. The average Bonchev–Trinajstić information content (AvgIpc) is 3.02. The number of aryl methyl sites for hydroxylation is 1. The summed E-state index contributed by atoms with van der Waals surface area (Å²) in [5.74, 6) is -0.186. The molecule has 28 heavy (non-hydrogen) atoms. The third-order valence-corrected chi connectivity index (χ3v) is 4.55. The van der Waals surface area contributed by atoms with Crippen LogP contribution in [0.4, 0.5) is 23.7 Å².